The molecule has 0 saturated heterocycles. The van der Waals surface area contributed by atoms with Gasteiger partial charge in [-0.2, -0.15) is 0 Å². The van der Waals surface area contributed by atoms with Crippen LogP contribution in [0.25, 0.3) is 88.6 Å². The van der Waals surface area contributed by atoms with E-state index in [1.807, 2.05) is 0 Å². The summed E-state index contributed by atoms with van der Waals surface area (Å²) < 4.78 is 2.46. The summed E-state index contributed by atoms with van der Waals surface area (Å²) in [6, 6.07) is 113. The van der Waals surface area contributed by atoms with Crippen LogP contribution >= 0.6 is 0 Å². The summed E-state index contributed by atoms with van der Waals surface area (Å²) in [6.07, 6.45) is 56.6. The van der Waals surface area contributed by atoms with Gasteiger partial charge in [-0.05, 0) is 287 Å². The molecule has 2 unspecified atom stereocenters. The molecule has 0 fully saturated rings. The second-order valence-electron chi connectivity index (χ2n) is 43.7. The van der Waals surface area contributed by atoms with Gasteiger partial charge in [0.2, 0.25) is 0 Å². The summed E-state index contributed by atoms with van der Waals surface area (Å²) in [5, 5.41) is 2.73. The first-order valence-corrected chi connectivity index (χ1v) is 57.6. The quantitative estimate of drug-likeness (QED) is 0.0352. The smallest absolute Gasteiger partial charge is 0.0493 e. The highest BCUT2D eigenvalue weighted by atomic mass is 15.1. The van der Waals surface area contributed by atoms with Crippen LogP contribution in [0.4, 0.5) is 34.1 Å². The van der Waals surface area contributed by atoms with Gasteiger partial charge in [0.15, 0.2) is 0 Å². The van der Waals surface area contributed by atoms with Gasteiger partial charge in [0.25, 0.3) is 0 Å². The van der Waals surface area contributed by atoms with E-state index in [0.29, 0.717) is 12.0 Å². The third-order valence-corrected chi connectivity index (χ3v) is 33.8. The standard InChI is InChI=1S/C123H156N2.C16H17N/c1-11-18-24-30-36-44-82-121(83-45-37-31-25-19-12-2)115-51-43-42-50-109(115)110-78-63-100(89-117(110)121)96-56-70-105(71-57-96)124(103-66-52-93(8)53-67-103)106-72-58-97(59-73-106)102-65-80-113-114-81-76-108(92-120(114)123(119(113)91-102,86-48-40-34-28-22-15-5)87-49-41-35-29-23-16-6)125(104-68-54-94(9)55-69-104)107-74-60-98(61-75-107)101-64-79-112-111-77-62-99(95(10)17-7)88-116(111)122(118(112)90-101,84-46-38-32-26-20-13-3)85-47-39-33-27-21-14-4;1-3-12(2)17-15-10-6-4-8-13(15)14-9-5-7-11-16(14)17/h42-43,50-81,88-92,95H,11-41,44-49,82-87H2,1-10H3;4-12H,3H2,1-2H3. The van der Waals surface area contributed by atoms with Crippen LogP contribution in [0.1, 0.15) is 414 Å². The summed E-state index contributed by atoms with van der Waals surface area (Å²) in [5.74, 6) is 0.539. The predicted octanol–water partition coefficient (Wildman–Crippen LogP) is 43.8. The Morgan fingerprint density at radius 1 is 0.218 bits per heavy atom. The fourth-order valence-electron chi connectivity index (χ4n) is 25.2. The van der Waals surface area contributed by atoms with Crippen LogP contribution in [0.5, 0.6) is 0 Å². The molecule has 2 atom stereocenters. The molecule has 0 aliphatic heterocycles. The van der Waals surface area contributed by atoms with Gasteiger partial charge in [-0.1, -0.05) is 487 Å². The zero-order valence-electron chi connectivity index (χ0n) is 89.7. The van der Waals surface area contributed by atoms with Crippen LogP contribution in [0, 0.1) is 13.8 Å². The number of hydrogen-bond acceptors (Lipinski definition) is 2. The number of anilines is 6. The first-order chi connectivity index (χ1) is 69.7. The minimum atomic E-state index is -0.152. The lowest BCUT2D eigenvalue weighted by Crippen LogP contribution is -2.26. The Balaban J connectivity index is 0.000000764. The van der Waals surface area contributed by atoms with Crippen molar-refractivity contribution >= 4 is 55.9 Å². The van der Waals surface area contributed by atoms with E-state index in [4.69, 9.17) is 0 Å². The minimum absolute atomic E-state index is 0.0103. The molecule has 0 spiro atoms. The summed E-state index contributed by atoms with van der Waals surface area (Å²) in [7, 11) is 0. The molecule has 13 aromatic carbocycles. The highest BCUT2D eigenvalue weighted by Crippen LogP contribution is 2.60. The fraction of sp³-hybridized carbons (Fsp3) is 0.439. The number of nitrogens with zero attached hydrogens (tertiary/aromatic N) is 3. The van der Waals surface area contributed by atoms with Gasteiger partial charge in [-0.25, -0.2) is 0 Å². The molecule has 3 aliphatic rings. The van der Waals surface area contributed by atoms with E-state index in [2.05, 4.69) is 383 Å². The van der Waals surface area contributed by atoms with Gasteiger partial charge in [-0.15, -0.1) is 0 Å². The van der Waals surface area contributed by atoms with Gasteiger partial charge >= 0.3 is 0 Å². The maximum atomic E-state index is 2.69. The number of benzene rings is 13. The van der Waals surface area contributed by atoms with Crippen LogP contribution in [0.3, 0.4) is 0 Å². The second-order valence-corrected chi connectivity index (χ2v) is 43.7. The predicted molar refractivity (Wildman–Crippen MR) is 621 cm³/mol. The maximum Gasteiger partial charge on any atom is 0.0493 e. The first kappa shape index (κ1) is 104. The lowest BCUT2D eigenvalue weighted by molar-refractivity contribution is 0.397. The van der Waals surface area contributed by atoms with Crippen molar-refractivity contribution in [1.82, 2.24) is 4.57 Å². The molecule has 0 saturated carbocycles. The molecule has 1 heterocycles. The van der Waals surface area contributed by atoms with Crippen molar-refractivity contribution in [1.29, 1.82) is 0 Å². The van der Waals surface area contributed by atoms with Crippen molar-refractivity contribution in [2.75, 3.05) is 9.80 Å². The molecule has 3 aliphatic carbocycles. The summed E-state index contributed by atoms with van der Waals surface area (Å²) in [6.45, 7) is 27.9. The number of rotatable bonds is 55. The van der Waals surface area contributed by atoms with Crippen molar-refractivity contribution in [3.63, 3.8) is 0 Å². The summed E-state index contributed by atoms with van der Waals surface area (Å²) in [5.41, 5.74) is 39.7. The number of aromatic nitrogens is 1. The first-order valence-electron chi connectivity index (χ1n) is 57.6. The van der Waals surface area contributed by atoms with E-state index in [0.717, 1.165) is 42.7 Å². The Labute approximate surface area is 860 Å². The van der Waals surface area contributed by atoms with Crippen LogP contribution < -0.4 is 9.80 Å². The molecule has 142 heavy (non-hydrogen) atoms. The van der Waals surface area contributed by atoms with Crippen molar-refractivity contribution in [2.24, 2.45) is 0 Å². The molecular formula is C139H173N3. The van der Waals surface area contributed by atoms with Crippen LogP contribution in [0.15, 0.2) is 285 Å². The second kappa shape index (κ2) is 51.2. The molecule has 0 radical (unpaired) electrons. The summed E-state index contributed by atoms with van der Waals surface area (Å²) in [4.78, 5) is 5.06. The molecule has 1 aromatic heterocycles. The fourth-order valence-corrected chi connectivity index (χ4v) is 25.2. The Hall–Kier alpha value is -10.7. The molecule has 3 heteroatoms. The number of unbranched alkanes of at least 4 members (excludes halogenated alkanes) is 30. The van der Waals surface area contributed by atoms with E-state index in [9.17, 15) is 0 Å². The third kappa shape index (κ3) is 23.7. The number of fused-ring (bicyclic) bond motifs is 12. The SMILES string of the molecule is CCC(C)n1c2ccccc2c2ccccc21.CCCCCCCCC1(CCCCCCCC)c2ccccc2-c2ccc(-c3ccc(N(c4ccc(C)cc4)c4ccc(-c5ccc6c(c5)C(CCCCCCCC)(CCCCCCCC)c5cc(N(c7ccc(C)cc7)c7ccc(-c8ccc9c(c8)C(CCCCCCCC)(CCCCCCCC)c8cc(C(C)CC)ccc8-9)cc7)ccc5-6)cc4)cc3)cc21. The Morgan fingerprint density at radius 2 is 0.472 bits per heavy atom. The normalized spacial score (nSPS) is 13.7. The molecule has 0 bridgehead atoms. The largest absolute Gasteiger partial charge is 0.338 e. The molecule has 14 aromatic rings. The van der Waals surface area contributed by atoms with E-state index in [1.54, 1.807) is 22.3 Å². The van der Waals surface area contributed by atoms with Crippen LogP contribution in [-0.4, -0.2) is 4.57 Å². The van der Waals surface area contributed by atoms with Gasteiger partial charge in [0, 0.05) is 78.2 Å². The van der Waals surface area contributed by atoms with Crippen molar-refractivity contribution in [2.45, 2.75) is 394 Å². The third-order valence-electron chi connectivity index (χ3n) is 33.8. The highest BCUT2D eigenvalue weighted by Gasteiger charge is 2.46. The van der Waals surface area contributed by atoms with E-state index < -0.39 is 0 Å². The molecule has 744 valence electrons. The number of aryl methyl sites for hydroxylation is 2. The van der Waals surface area contributed by atoms with Gasteiger partial charge < -0.3 is 14.4 Å². The number of para-hydroxylation sites is 2. The van der Waals surface area contributed by atoms with E-state index in [1.165, 1.54) is 390 Å². The average Bonchev–Trinajstić information content (AvgIpc) is 1.54. The molecular weight excluding hydrogens is 1710 g/mol. The van der Waals surface area contributed by atoms with Gasteiger partial charge in [0.1, 0.15) is 0 Å². The highest BCUT2D eigenvalue weighted by molar-refractivity contribution is 6.08. The van der Waals surface area contributed by atoms with Crippen LogP contribution in [0.2, 0.25) is 0 Å². The Kier molecular flexibility index (Phi) is 37.5. The van der Waals surface area contributed by atoms with Crippen molar-refractivity contribution in [3.05, 3.63) is 335 Å². The van der Waals surface area contributed by atoms with Gasteiger partial charge in [0.05, 0.1) is 0 Å². The lowest BCUT2D eigenvalue weighted by atomic mass is 9.69. The minimum Gasteiger partial charge on any atom is -0.338 e. The average molecular weight is 1890 g/mol. The van der Waals surface area contributed by atoms with Crippen LogP contribution in [-0.2, 0) is 16.2 Å². The number of hydrogen-bond donors (Lipinski definition) is 0. The molecule has 0 amide bonds. The lowest BCUT2D eigenvalue weighted by Gasteiger charge is -2.34. The Morgan fingerprint density at radius 3 is 0.810 bits per heavy atom. The zero-order chi connectivity index (χ0) is 98.6. The zero-order valence-corrected chi connectivity index (χ0v) is 89.7. The maximum absolute atomic E-state index is 2.69. The van der Waals surface area contributed by atoms with Crippen molar-refractivity contribution < 1.29 is 0 Å². The monoisotopic (exact) mass is 1880 g/mol. The van der Waals surface area contributed by atoms with E-state index >= 15 is 0 Å². The van der Waals surface area contributed by atoms with Gasteiger partial charge in [-0.3, -0.25) is 0 Å². The molecule has 0 N–H and O–H groups in total. The molecule has 17 rings (SSSR count). The summed E-state index contributed by atoms with van der Waals surface area (Å²) >= 11 is 0. The molecule has 3 nitrogen and oxygen atoms in total. The Bertz CT molecular complexity index is 6190. The van der Waals surface area contributed by atoms with E-state index in [-0.39, 0.29) is 16.2 Å². The van der Waals surface area contributed by atoms with Crippen molar-refractivity contribution in [3.8, 4) is 66.8 Å². The topological polar surface area (TPSA) is 11.4 Å².